The third-order valence-corrected chi connectivity index (χ3v) is 4.43. The summed E-state index contributed by atoms with van der Waals surface area (Å²) in [7, 11) is 4.33. The molecule has 1 heteroatoms. The summed E-state index contributed by atoms with van der Waals surface area (Å²) in [5.41, 5.74) is 2.35. The molecule has 0 aliphatic heterocycles. The Hall–Kier alpha value is -0.300. The van der Waals surface area contributed by atoms with Gasteiger partial charge in [-0.15, -0.1) is 0 Å². The van der Waals surface area contributed by atoms with Crippen LogP contribution in [-0.2, 0) is 0 Å². The highest BCUT2D eigenvalue weighted by molar-refractivity contribution is 5.23. The van der Waals surface area contributed by atoms with Crippen LogP contribution < -0.4 is 0 Å². The first-order chi connectivity index (χ1) is 6.51. The van der Waals surface area contributed by atoms with Crippen molar-refractivity contribution in [3.05, 3.63) is 11.6 Å². The SMILES string of the molecule is CN(C)CCC1=CC[C@H]2C[C@@H]1C2(C)C. The Morgan fingerprint density at radius 2 is 2.14 bits per heavy atom. The lowest BCUT2D eigenvalue weighted by molar-refractivity contribution is -0.00866. The molecule has 0 aromatic rings. The van der Waals surface area contributed by atoms with Crippen LogP contribution in [0.3, 0.4) is 0 Å². The van der Waals surface area contributed by atoms with Gasteiger partial charge >= 0.3 is 0 Å². The summed E-state index contributed by atoms with van der Waals surface area (Å²) in [6, 6.07) is 0. The zero-order valence-corrected chi connectivity index (χ0v) is 10.0. The number of hydrogen-bond donors (Lipinski definition) is 0. The van der Waals surface area contributed by atoms with Crippen molar-refractivity contribution in [1.29, 1.82) is 0 Å². The molecule has 0 radical (unpaired) electrons. The van der Waals surface area contributed by atoms with E-state index in [2.05, 4.69) is 38.9 Å². The number of fused-ring (bicyclic) bond motifs is 1. The van der Waals surface area contributed by atoms with E-state index in [1.54, 1.807) is 5.57 Å². The van der Waals surface area contributed by atoms with E-state index in [9.17, 15) is 0 Å². The molecule has 0 amide bonds. The number of hydrogen-bond acceptors (Lipinski definition) is 1. The zero-order chi connectivity index (χ0) is 10.3. The Balaban J connectivity index is 1.97. The van der Waals surface area contributed by atoms with E-state index < -0.39 is 0 Å². The predicted molar refractivity (Wildman–Crippen MR) is 61.2 cm³/mol. The van der Waals surface area contributed by atoms with Crippen LogP contribution in [0.4, 0.5) is 0 Å². The molecule has 0 N–H and O–H groups in total. The predicted octanol–water partition coefficient (Wildman–Crippen LogP) is 2.93. The topological polar surface area (TPSA) is 3.24 Å². The summed E-state index contributed by atoms with van der Waals surface area (Å²) >= 11 is 0. The monoisotopic (exact) mass is 193 g/mol. The lowest BCUT2D eigenvalue weighted by Crippen LogP contribution is -2.48. The van der Waals surface area contributed by atoms with Gasteiger partial charge in [0, 0.05) is 6.54 Å². The van der Waals surface area contributed by atoms with Gasteiger partial charge in [-0.3, -0.25) is 0 Å². The van der Waals surface area contributed by atoms with Crippen molar-refractivity contribution in [2.45, 2.75) is 33.1 Å². The van der Waals surface area contributed by atoms with Crippen molar-refractivity contribution < 1.29 is 0 Å². The molecule has 0 spiro atoms. The fourth-order valence-electron chi connectivity index (χ4n) is 3.11. The van der Waals surface area contributed by atoms with Crippen molar-refractivity contribution in [1.82, 2.24) is 4.90 Å². The zero-order valence-electron chi connectivity index (χ0n) is 10.0. The van der Waals surface area contributed by atoms with Gasteiger partial charge in [0.05, 0.1) is 0 Å². The van der Waals surface area contributed by atoms with Gasteiger partial charge in [-0.25, -0.2) is 0 Å². The van der Waals surface area contributed by atoms with Gasteiger partial charge in [0.25, 0.3) is 0 Å². The lowest BCUT2D eigenvalue weighted by atomic mass is 9.48. The fourth-order valence-corrected chi connectivity index (χ4v) is 3.11. The number of allylic oxidation sites excluding steroid dienone is 1. The summed E-state index contributed by atoms with van der Waals surface area (Å²) in [6.07, 6.45) is 6.61. The van der Waals surface area contributed by atoms with Crippen LogP contribution in [-0.4, -0.2) is 25.5 Å². The Morgan fingerprint density at radius 3 is 2.64 bits per heavy atom. The Bertz CT molecular complexity index is 250. The summed E-state index contributed by atoms with van der Waals surface area (Å²) in [5.74, 6) is 1.89. The van der Waals surface area contributed by atoms with Gasteiger partial charge in [-0.2, -0.15) is 0 Å². The van der Waals surface area contributed by atoms with Crippen molar-refractivity contribution in [3.63, 3.8) is 0 Å². The summed E-state index contributed by atoms with van der Waals surface area (Å²) in [4.78, 5) is 2.29. The van der Waals surface area contributed by atoms with Gasteiger partial charge in [-0.1, -0.05) is 25.5 Å². The van der Waals surface area contributed by atoms with Gasteiger partial charge in [-0.05, 0) is 50.6 Å². The van der Waals surface area contributed by atoms with Gasteiger partial charge in [0.1, 0.15) is 0 Å². The summed E-state index contributed by atoms with van der Waals surface area (Å²) < 4.78 is 0. The van der Waals surface area contributed by atoms with Crippen molar-refractivity contribution in [2.75, 3.05) is 20.6 Å². The summed E-state index contributed by atoms with van der Waals surface area (Å²) in [6.45, 7) is 6.12. The van der Waals surface area contributed by atoms with E-state index in [1.807, 2.05) is 0 Å². The molecule has 3 rings (SSSR count). The second-order valence-corrected chi connectivity index (χ2v) is 5.87. The molecule has 1 saturated carbocycles. The second kappa shape index (κ2) is 3.37. The Morgan fingerprint density at radius 1 is 1.43 bits per heavy atom. The van der Waals surface area contributed by atoms with E-state index in [1.165, 1.54) is 25.8 Å². The molecule has 2 atom stereocenters. The Kier molecular flexibility index (Phi) is 2.46. The molecule has 0 heterocycles. The minimum Gasteiger partial charge on any atom is -0.309 e. The van der Waals surface area contributed by atoms with Crippen LogP contribution in [0.1, 0.15) is 33.1 Å². The Labute approximate surface area is 88.2 Å². The highest BCUT2D eigenvalue weighted by Crippen LogP contribution is 2.59. The normalized spacial score (nSPS) is 33.9. The average Bonchev–Trinajstić information content (AvgIpc) is 2.14. The molecular weight excluding hydrogens is 170 g/mol. The molecule has 0 saturated heterocycles. The fraction of sp³-hybridized carbons (Fsp3) is 0.846. The molecular formula is C13H23N. The van der Waals surface area contributed by atoms with Crippen LogP contribution >= 0.6 is 0 Å². The van der Waals surface area contributed by atoms with Crippen LogP contribution in [0.15, 0.2) is 11.6 Å². The molecule has 2 bridgehead atoms. The van der Waals surface area contributed by atoms with E-state index in [-0.39, 0.29) is 0 Å². The van der Waals surface area contributed by atoms with E-state index in [0.29, 0.717) is 5.41 Å². The molecule has 80 valence electrons. The van der Waals surface area contributed by atoms with Crippen LogP contribution in [0.5, 0.6) is 0 Å². The molecule has 0 unspecified atom stereocenters. The maximum Gasteiger partial charge on any atom is 0.00126 e. The largest absolute Gasteiger partial charge is 0.309 e. The van der Waals surface area contributed by atoms with Crippen LogP contribution in [0.25, 0.3) is 0 Å². The molecule has 3 aliphatic carbocycles. The van der Waals surface area contributed by atoms with E-state index in [0.717, 1.165) is 11.8 Å². The first-order valence-electron chi connectivity index (χ1n) is 5.85. The summed E-state index contributed by atoms with van der Waals surface area (Å²) in [5, 5.41) is 0. The highest BCUT2D eigenvalue weighted by atomic mass is 15.0. The average molecular weight is 193 g/mol. The van der Waals surface area contributed by atoms with Crippen LogP contribution in [0.2, 0.25) is 0 Å². The number of nitrogens with zero attached hydrogens (tertiary/aromatic N) is 1. The number of rotatable bonds is 3. The molecule has 1 nitrogen and oxygen atoms in total. The first-order valence-corrected chi connectivity index (χ1v) is 5.85. The molecule has 14 heavy (non-hydrogen) atoms. The van der Waals surface area contributed by atoms with Gasteiger partial charge in [0.15, 0.2) is 0 Å². The molecule has 0 aromatic carbocycles. The standard InChI is InChI=1S/C13H23N/c1-13(2)11-6-5-10(12(13)9-11)7-8-14(3)4/h5,11-12H,6-9H2,1-4H3/t11-,12-/m0/s1. The minimum absolute atomic E-state index is 0.608. The third kappa shape index (κ3) is 1.52. The molecule has 1 fully saturated rings. The smallest absolute Gasteiger partial charge is 0.00126 e. The first kappa shape index (κ1) is 10.2. The molecule has 3 aliphatic rings. The third-order valence-electron chi connectivity index (χ3n) is 4.43. The maximum absolute atomic E-state index is 2.52. The molecule has 0 aromatic heterocycles. The maximum atomic E-state index is 2.52. The lowest BCUT2D eigenvalue weighted by Gasteiger charge is -2.56. The van der Waals surface area contributed by atoms with Crippen molar-refractivity contribution >= 4 is 0 Å². The second-order valence-electron chi connectivity index (χ2n) is 5.87. The van der Waals surface area contributed by atoms with Crippen LogP contribution in [0, 0.1) is 17.3 Å². The minimum atomic E-state index is 0.608. The van der Waals surface area contributed by atoms with E-state index >= 15 is 0 Å². The van der Waals surface area contributed by atoms with Gasteiger partial charge in [0.2, 0.25) is 0 Å². The van der Waals surface area contributed by atoms with E-state index in [4.69, 9.17) is 0 Å². The van der Waals surface area contributed by atoms with Crippen molar-refractivity contribution in [2.24, 2.45) is 17.3 Å². The van der Waals surface area contributed by atoms with Gasteiger partial charge < -0.3 is 4.90 Å². The highest BCUT2D eigenvalue weighted by Gasteiger charge is 2.50. The van der Waals surface area contributed by atoms with Crippen molar-refractivity contribution in [3.8, 4) is 0 Å². The quantitative estimate of drug-likeness (QED) is 0.623.